The van der Waals surface area contributed by atoms with Crippen LogP contribution in [0.15, 0.2) is 24.5 Å². The Balaban J connectivity index is 1.58. The molecule has 0 spiro atoms. The van der Waals surface area contributed by atoms with Crippen LogP contribution >= 0.6 is 0 Å². The number of nitrogens with zero attached hydrogens (tertiary/aromatic N) is 3. The van der Waals surface area contributed by atoms with Gasteiger partial charge in [0.15, 0.2) is 17.4 Å². The minimum absolute atomic E-state index is 0.0760. The third-order valence-corrected chi connectivity index (χ3v) is 4.71. The summed E-state index contributed by atoms with van der Waals surface area (Å²) in [4.78, 5) is 21.8. The molecule has 8 nitrogen and oxygen atoms in total. The highest BCUT2D eigenvalue weighted by Gasteiger charge is 2.25. The number of halogens is 2. The fourth-order valence-corrected chi connectivity index (χ4v) is 3.16. The Morgan fingerprint density at radius 3 is 2.62 bits per heavy atom. The summed E-state index contributed by atoms with van der Waals surface area (Å²) in [6.45, 7) is 6.83. The summed E-state index contributed by atoms with van der Waals surface area (Å²) in [5.41, 5.74) is -0.0760. The molecule has 0 atom stereocenters. The summed E-state index contributed by atoms with van der Waals surface area (Å²) in [6.07, 6.45) is 2.59. The van der Waals surface area contributed by atoms with Gasteiger partial charge in [-0.2, -0.15) is 0 Å². The molecule has 3 rings (SSSR count). The number of piperidine rings is 1. The van der Waals surface area contributed by atoms with E-state index in [1.54, 1.807) is 4.90 Å². The molecule has 1 saturated heterocycles. The number of anilines is 2. The molecule has 1 aromatic heterocycles. The summed E-state index contributed by atoms with van der Waals surface area (Å²) in [5.74, 6) is -0.914. The number of likely N-dealkylation sites (tertiary alicyclic amines) is 1. The van der Waals surface area contributed by atoms with Crippen molar-refractivity contribution in [2.24, 2.45) is 0 Å². The molecule has 0 radical (unpaired) electrons. The Morgan fingerprint density at radius 1 is 1.19 bits per heavy atom. The Bertz CT molecular complexity index is 921. The summed E-state index contributed by atoms with van der Waals surface area (Å²) in [6, 6.07) is 3.54. The van der Waals surface area contributed by atoms with Crippen LogP contribution in [-0.2, 0) is 4.74 Å². The van der Waals surface area contributed by atoms with E-state index in [2.05, 4.69) is 15.3 Å². The zero-order chi connectivity index (χ0) is 23.1. The Kier molecular flexibility index (Phi) is 8.02. The van der Waals surface area contributed by atoms with Gasteiger partial charge in [0.25, 0.3) is 0 Å². The van der Waals surface area contributed by atoms with Crippen LogP contribution in [-0.4, -0.2) is 52.9 Å². The molecule has 0 unspecified atom stereocenters. The van der Waals surface area contributed by atoms with Crippen molar-refractivity contribution < 1.29 is 27.8 Å². The second kappa shape index (κ2) is 10.9. The van der Waals surface area contributed by atoms with E-state index in [1.807, 2.05) is 20.8 Å². The molecule has 0 bridgehead atoms. The van der Waals surface area contributed by atoms with Crippen molar-refractivity contribution in [3.8, 4) is 11.6 Å². The summed E-state index contributed by atoms with van der Waals surface area (Å²) < 4.78 is 44.9. The van der Waals surface area contributed by atoms with Crippen molar-refractivity contribution in [3.63, 3.8) is 0 Å². The van der Waals surface area contributed by atoms with E-state index >= 15 is 0 Å². The monoisotopic (exact) mass is 450 g/mol. The van der Waals surface area contributed by atoms with Crippen molar-refractivity contribution in [1.29, 1.82) is 0 Å². The molecule has 1 amide bonds. The van der Waals surface area contributed by atoms with Gasteiger partial charge in [-0.15, -0.1) is 0 Å². The number of amides is 1. The summed E-state index contributed by atoms with van der Waals surface area (Å²) in [5, 5.41) is 2.74. The fourth-order valence-electron chi connectivity index (χ4n) is 3.16. The van der Waals surface area contributed by atoms with Crippen LogP contribution in [0.3, 0.4) is 0 Å². The Labute approximate surface area is 185 Å². The normalized spacial score (nSPS) is 14.4. The molecule has 2 aromatic rings. The predicted octanol–water partition coefficient (Wildman–Crippen LogP) is 4.68. The molecular formula is C22H28F2N4O4. The molecule has 1 aliphatic heterocycles. The Morgan fingerprint density at radius 2 is 1.94 bits per heavy atom. The van der Waals surface area contributed by atoms with Gasteiger partial charge in [0.05, 0.1) is 18.4 Å². The first-order valence-electron chi connectivity index (χ1n) is 10.7. The second-order valence-corrected chi connectivity index (χ2v) is 7.71. The van der Waals surface area contributed by atoms with Crippen molar-refractivity contribution in [2.45, 2.75) is 52.2 Å². The maximum Gasteiger partial charge on any atom is 0.410 e. The van der Waals surface area contributed by atoms with Crippen LogP contribution in [0.5, 0.6) is 11.6 Å². The van der Waals surface area contributed by atoms with Gasteiger partial charge in [0.1, 0.15) is 18.2 Å². The third-order valence-electron chi connectivity index (χ3n) is 4.71. The molecular weight excluding hydrogens is 422 g/mol. The summed E-state index contributed by atoms with van der Waals surface area (Å²) in [7, 11) is 0. The van der Waals surface area contributed by atoms with E-state index in [1.165, 1.54) is 12.4 Å². The van der Waals surface area contributed by atoms with Crippen molar-refractivity contribution >= 4 is 17.6 Å². The van der Waals surface area contributed by atoms with E-state index in [0.29, 0.717) is 44.8 Å². The first-order valence-corrected chi connectivity index (χ1v) is 10.7. The molecule has 1 N–H and O–H groups in total. The Hall–Kier alpha value is -3.17. The molecule has 174 valence electrons. The van der Waals surface area contributed by atoms with Crippen molar-refractivity contribution in [1.82, 2.24) is 14.9 Å². The molecule has 1 aliphatic rings. The van der Waals surface area contributed by atoms with Gasteiger partial charge < -0.3 is 24.4 Å². The van der Waals surface area contributed by atoms with Crippen LogP contribution in [0.2, 0.25) is 0 Å². The fraction of sp³-hybridized carbons (Fsp3) is 0.500. The highest BCUT2D eigenvalue weighted by molar-refractivity contribution is 5.67. The number of ether oxygens (including phenoxy) is 3. The number of aromatic nitrogens is 2. The van der Waals surface area contributed by atoms with Crippen molar-refractivity contribution in [2.75, 3.05) is 25.0 Å². The van der Waals surface area contributed by atoms with Gasteiger partial charge in [-0.3, -0.25) is 0 Å². The number of rotatable bonds is 8. The van der Waals surface area contributed by atoms with Gasteiger partial charge >= 0.3 is 6.09 Å². The van der Waals surface area contributed by atoms with E-state index in [0.717, 1.165) is 12.1 Å². The second-order valence-electron chi connectivity index (χ2n) is 7.71. The quantitative estimate of drug-likeness (QED) is 0.625. The van der Waals surface area contributed by atoms with Gasteiger partial charge in [0.2, 0.25) is 5.88 Å². The molecule has 0 aliphatic carbocycles. The standard InChI is InChI=1S/C22H28F2N4O4/c1-4-9-30-19-11-16(23)18(10-17(19)24)27-20-12-21(26-13-25-20)32-15-5-7-28(8-6-15)22(29)31-14(2)3/h10-15H,4-9H2,1-3H3,(H,25,26,27). The van der Waals surface area contributed by atoms with E-state index < -0.39 is 11.6 Å². The highest BCUT2D eigenvalue weighted by atomic mass is 19.1. The molecule has 2 heterocycles. The number of hydrogen-bond acceptors (Lipinski definition) is 7. The predicted molar refractivity (Wildman–Crippen MR) is 114 cm³/mol. The lowest BCUT2D eigenvalue weighted by atomic mass is 10.1. The average molecular weight is 450 g/mol. The molecule has 10 heteroatoms. The van der Waals surface area contributed by atoms with Crippen LogP contribution in [0.4, 0.5) is 25.1 Å². The van der Waals surface area contributed by atoms with Gasteiger partial charge in [0, 0.05) is 44.1 Å². The lowest BCUT2D eigenvalue weighted by Gasteiger charge is -2.31. The van der Waals surface area contributed by atoms with Gasteiger partial charge in [-0.1, -0.05) is 6.92 Å². The minimum atomic E-state index is -0.671. The maximum absolute atomic E-state index is 14.4. The third kappa shape index (κ3) is 6.41. The largest absolute Gasteiger partial charge is 0.490 e. The van der Waals surface area contributed by atoms with Crippen LogP contribution in [0.25, 0.3) is 0 Å². The van der Waals surface area contributed by atoms with E-state index in [9.17, 15) is 13.6 Å². The maximum atomic E-state index is 14.4. The average Bonchev–Trinajstić information content (AvgIpc) is 2.75. The molecule has 1 aromatic carbocycles. The van der Waals surface area contributed by atoms with Gasteiger partial charge in [-0.05, 0) is 20.3 Å². The first-order chi connectivity index (χ1) is 15.4. The number of benzene rings is 1. The number of hydrogen-bond donors (Lipinski definition) is 1. The summed E-state index contributed by atoms with van der Waals surface area (Å²) >= 11 is 0. The van der Waals surface area contributed by atoms with Crippen LogP contribution in [0, 0.1) is 11.6 Å². The first kappa shape index (κ1) is 23.5. The zero-order valence-corrected chi connectivity index (χ0v) is 18.4. The van der Waals surface area contributed by atoms with Crippen LogP contribution < -0.4 is 14.8 Å². The lowest BCUT2D eigenvalue weighted by Crippen LogP contribution is -2.42. The lowest BCUT2D eigenvalue weighted by molar-refractivity contribution is 0.0507. The number of carbonyl (C=O) groups is 1. The van der Waals surface area contributed by atoms with Crippen LogP contribution in [0.1, 0.15) is 40.0 Å². The molecule has 0 saturated carbocycles. The highest BCUT2D eigenvalue weighted by Crippen LogP contribution is 2.28. The smallest absolute Gasteiger partial charge is 0.410 e. The van der Waals surface area contributed by atoms with Crippen molar-refractivity contribution in [3.05, 3.63) is 36.2 Å². The SMILES string of the molecule is CCCOc1cc(F)c(Nc2cc(OC3CCN(C(=O)OC(C)C)CC3)ncn2)cc1F. The molecule has 1 fully saturated rings. The van der Waals surface area contributed by atoms with E-state index in [4.69, 9.17) is 14.2 Å². The molecule has 32 heavy (non-hydrogen) atoms. The topological polar surface area (TPSA) is 85.8 Å². The number of carbonyl (C=O) groups excluding carboxylic acids is 1. The number of nitrogens with one attached hydrogen (secondary N) is 1. The zero-order valence-electron chi connectivity index (χ0n) is 18.4. The minimum Gasteiger partial charge on any atom is -0.490 e. The van der Waals surface area contributed by atoms with E-state index in [-0.39, 0.29) is 35.6 Å². The van der Waals surface area contributed by atoms with Gasteiger partial charge in [-0.25, -0.2) is 23.5 Å².